The SMILES string of the molecule is N#Cc1cn(-c2ccc(C(=O)O)cc2)nc1-c1ccsc1. The van der Waals surface area contributed by atoms with E-state index in [0.717, 1.165) is 5.56 Å². The molecule has 2 heterocycles. The molecule has 0 saturated heterocycles. The number of carbonyl (C=O) groups is 1. The number of thiophene rings is 1. The van der Waals surface area contributed by atoms with Crippen molar-refractivity contribution in [3.8, 4) is 23.0 Å². The Bertz CT molecular complexity index is 827. The predicted octanol–water partition coefficient (Wildman–Crippen LogP) is 3.17. The molecule has 102 valence electrons. The van der Waals surface area contributed by atoms with Crippen LogP contribution in [0.3, 0.4) is 0 Å². The van der Waals surface area contributed by atoms with Crippen LogP contribution < -0.4 is 0 Å². The molecule has 0 aliphatic carbocycles. The van der Waals surface area contributed by atoms with Crippen molar-refractivity contribution >= 4 is 17.3 Å². The first-order valence-corrected chi connectivity index (χ1v) is 6.99. The van der Waals surface area contributed by atoms with E-state index in [4.69, 9.17) is 5.11 Å². The third kappa shape index (κ3) is 2.42. The number of nitrogens with zero attached hydrogens (tertiary/aromatic N) is 3. The number of aromatic nitrogens is 2. The van der Waals surface area contributed by atoms with Crippen molar-refractivity contribution in [2.24, 2.45) is 0 Å². The molecule has 0 radical (unpaired) electrons. The van der Waals surface area contributed by atoms with Crippen LogP contribution in [-0.4, -0.2) is 20.9 Å². The molecule has 3 aromatic rings. The second-order valence-electron chi connectivity index (χ2n) is 4.31. The summed E-state index contributed by atoms with van der Waals surface area (Å²) in [5, 5.41) is 26.4. The minimum absolute atomic E-state index is 0.212. The number of nitriles is 1. The third-order valence-electron chi connectivity index (χ3n) is 3.01. The Morgan fingerprint density at radius 2 is 2.05 bits per heavy atom. The van der Waals surface area contributed by atoms with Crippen LogP contribution in [0.15, 0.2) is 47.3 Å². The molecule has 0 unspecified atom stereocenters. The number of carboxylic acid groups (broad SMARTS) is 1. The zero-order chi connectivity index (χ0) is 14.8. The van der Waals surface area contributed by atoms with Gasteiger partial charge in [-0.25, -0.2) is 9.48 Å². The molecule has 0 amide bonds. The summed E-state index contributed by atoms with van der Waals surface area (Å²) < 4.78 is 1.58. The van der Waals surface area contributed by atoms with Gasteiger partial charge in [0.15, 0.2) is 0 Å². The minimum Gasteiger partial charge on any atom is -0.478 e. The molecule has 0 saturated carbocycles. The molecule has 0 aliphatic heterocycles. The lowest BCUT2D eigenvalue weighted by atomic mass is 10.2. The van der Waals surface area contributed by atoms with Crippen LogP contribution in [0.2, 0.25) is 0 Å². The minimum atomic E-state index is -0.973. The van der Waals surface area contributed by atoms with E-state index < -0.39 is 5.97 Å². The lowest BCUT2D eigenvalue weighted by Crippen LogP contribution is -1.98. The summed E-state index contributed by atoms with van der Waals surface area (Å²) in [5.41, 5.74) is 2.93. The first kappa shape index (κ1) is 13.1. The van der Waals surface area contributed by atoms with Gasteiger partial charge in [0.2, 0.25) is 0 Å². The fourth-order valence-electron chi connectivity index (χ4n) is 1.96. The number of aromatic carboxylic acids is 1. The van der Waals surface area contributed by atoms with Gasteiger partial charge in [-0.2, -0.15) is 21.7 Å². The van der Waals surface area contributed by atoms with Crippen molar-refractivity contribution in [1.82, 2.24) is 9.78 Å². The first-order chi connectivity index (χ1) is 10.2. The molecule has 0 atom stereocenters. The maximum atomic E-state index is 10.8. The average Bonchev–Trinajstić information content (AvgIpc) is 3.16. The first-order valence-electron chi connectivity index (χ1n) is 6.05. The highest BCUT2D eigenvalue weighted by molar-refractivity contribution is 7.08. The fourth-order valence-corrected chi connectivity index (χ4v) is 2.60. The molecular weight excluding hydrogens is 286 g/mol. The predicted molar refractivity (Wildman–Crippen MR) is 78.6 cm³/mol. The summed E-state index contributed by atoms with van der Waals surface area (Å²) in [4.78, 5) is 10.8. The largest absolute Gasteiger partial charge is 0.478 e. The summed E-state index contributed by atoms with van der Waals surface area (Å²) in [7, 11) is 0. The Kier molecular flexibility index (Phi) is 3.26. The van der Waals surface area contributed by atoms with Gasteiger partial charge >= 0.3 is 5.97 Å². The van der Waals surface area contributed by atoms with Crippen LogP contribution in [0.25, 0.3) is 16.9 Å². The molecule has 5 nitrogen and oxygen atoms in total. The summed E-state index contributed by atoms with van der Waals surface area (Å²) in [6.45, 7) is 0. The summed E-state index contributed by atoms with van der Waals surface area (Å²) in [6.07, 6.45) is 1.64. The molecular formula is C15H9N3O2S. The van der Waals surface area contributed by atoms with Crippen LogP contribution >= 0.6 is 11.3 Å². The zero-order valence-corrected chi connectivity index (χ0v) is 11.5. The fraction of sp³-hybridized carbons (Fsp3) is 0. The van der Waals surface area contributed by atoms with E-state index in [0.29, 0.717) is 16.9 Å². The lowest BCUT2D eigenvalue weighted by Gasteiger charge is -2.01. The summed E-state index contributed by atoms with van der Waals surface area (Å²) >= 11 is 1.54. The number of hydrogen-bond donors (Lipinski definition) is 1. The Morgan fingerprint density at radius 1 is 1.29 bits per heavy atom. The highest BCUT2D eigenvalue weighted by Gasteiger charge is 2.12. The van der Waals surface area contributed by atoms with Crippen molar-refractivity contribution in [3.05, 3.63) is 58.4 Å². The molecule has 6 heteroatoms. The number of rotatable bonds is 3. The molecule has 1 aromatic carbocycles. The van der Waals surface area contributed by atoms with E-state index in [-0.39, 0.29) is 5.56 Å². The van der Waals surface area contributed by atoms with E-state index in [2.05, 4.69) is 11.2 Å². The van der Waals surface area contributed by atoms with Gasteiger partial charge in [0.25, 0.3) is 0 Å². The molecule has 3 rings (SSSR count). The molecule has 2 aromatic heterocycles. The monoisotopic (exact) mass is 295 g/mol. The molecule has 0 fully saturated rings. The molecule has 0 bridgehead atoms. The highest BCUT2D eigenvalue weighted by atomic mass is 32.1. The van der Waals surface area contributed by atoms with Gasteiger partial charge in [0.05, 0.1) is 16.8 Å². The molecule has 0 aliphatic rings. The van der Waals surface area contributed by atoms with Gasteiger partial charge in [0.1, 0.15) is 11.8 Å². The van der Waals surface area contributed by atoms with E-state index in [1.807, 2.05) is 16.8 Å². The maximum Gasteiger partial charge on any atom is 0.335 e. The number of benzene rings is 1. The van der Waals surface area contributed by atoms with Crippen molar-refractivity contribution in [2.75, 3.05) is 0 Å². The average molecular weight is 295 g/mol. The van der Waals surface area contributed by atoms with E-state index in [9.17, 15) is 10.1 Å². The Labute approximate surface area is 124 Å². The second-order valence-corrected chi connectivity index (χ2v) is 5.09. The van der Waals surface area contributed by atoms with Gasteiger partial charge in [-0.1, -0.05) is 0 Å². The Balaban J connectivity index is 2.04. The Morgan fingerprint density at radius 3 is 2.62 bits per heavy atom. The standard InChI is InChI=1S/C15H9N3O2S/c16-7-12-8-18(17-14(12)11-5-6-21-9-11)13-3-1-10(2-4-13)15(19)20/h1-6,8-9H,(H,19,20). The second kappa shape index (κ2) is 5.23. The van der Waals surface area contributed by atoms with Crippen LogP contribution in [0.1, 0.15) is 15.9 Å². The van der Waals surface area contributed by atoms with Gasteiger partial charge in [-0.05, 0) is 35.7 Å². The van der Waals surface area contributed by atoms with Crippen molar-refractivity contribution in [3.63, 3.8) is 0 Å². The molecule has 21 heavy (non-hydrogen) atoms. The summed E-state index contributed by atoms with van der Waals surface area (Å²) in [6, 6.07) is 10.4. The van der Waals surface area contributed by atoms with Gasteiger partial charge in [-0.3, -0.25) is 0 Å². The maximum absolute atomic E-state index is 10.8. The van der Waals surface area contributed by atoms with Crippen LogP contribution in [0, 0.1) is 11.3 Å². The summed E-state index contributed by atoms with van der Waals surface area (Å²) in [5.74, 6) is -0.973. The normalized spacial score (nSPS) is 10.2. The van der Waals surface area contributed by atoms with E-state index in [1.54, 1.807) is 23.0 Å². The molecule has 0 spiro atoms. The van der Waals surface area contributed by atoms with Crippen LogP contribution in [0.5, 0.6) is 0 Å². The van der Waals surface area contributed by atoms with Crippen LogP contribution in [-0.2, 0) is 0 Å². The number of carboxylic acids is 1. The smallest absolute Gasteiger partial charge is 0.335 e. The highest BCUT2D eigenvalue weighted by Crippen LogP contribution is 2.25. The van der Waals surface area contributed by atoms with Gasteiger partial charge in [0, 0.05) is 17.1 Å². The lowest BCUT2D eigenvalue weighted by molar-refractivity contribution is 0.0697. The van der Waals surface area contributed by atoms with Crippen molar-refractivity contribution < 1.29 is 9.90 Å². The van der Waals surface area contributed by atoms with Gasteiger partial charge in [-0.15, -0.1) is 0 Å². The zero-order valence-electron chi connectivity index (χ0n) is 10.7. The van der Waals surface area contributed by atoms with Crippen molar-refractivity contribution in [2.45, 2.75) is 0 Å². The van der Waals surface area contributed by atoms with Crippen molar-refractivity contribution in [1.29, 1.82) is 5.26 Å². The third-order valence-corrected chi connectivity index (χ3v) is 3.69. The van der Waals surface area contributed by atoms with E-state index >= 15 is 0 Å². The quantitative estimate of drug-likeness (QED) is 0.805. The van der Waals surface area contributed by atoms with Crippen LogP contribution in [0.4, 0.5) is 0 Å². The number of hydrogen-bond acceptors (Lipinski definition) is 4. The molecule has 1 N–H and O–H groups in total. The van der Waals surface area contributed by atoms with Gasteiger partial charge < -0.3 is 5.11 Å². The topological polar surface area (TPSA) is 78.9 Å². The van der Waals surface area contributed by atoms with E-state index in [1.165, 1.54) is 23.5 Å². The Hall–Kier alpha value is -2.91.